The van der Waals surface area contributed by atoms with Gasteiger partial charge in [-0.1, -0.05) is 60.7 Å². The van der Waals surface area contributed by atoms with Crippen LogP contribution in [0.3, 0.4) is 0 Å². The van der Waals surface area contributed by atoms with E-state index < -0.39 is 0 Å². The molecule has 5 nitrogen and oxygen atoms in total. The molecule has 3 aromatic rings. The summed E-state index contributed by atoms with van der Waals surface area (Å²) in [5.41, 5.74) is 2.27. The van der Waals surface area contributed by atoms with Crippen LogP contribution in [0.1, 0.15) is 42.3 Å². The number of carbonyl (C=O) groups is 1. The fourth-order valence-electron chi connectivity index (χ4n) is 3.03. The smallest absolute Gasteiger partial charge is 0.221 e. The number of hydrogen-bond acceptors (Lipinski definition) is 3. The summed E-state index contributed by atoms with van der Waals surface area (Å²) in [6, 6.07) is 20.1. The normalized spacial score (nSPS) is 12.1. The lowest BCUT2D eigenvalue weighted by atomic mass is 9.88. The number of nitrogens with zero attached hydrogens (tertiary/aromatic N) is 3. The van der Waals surface area contributed by atoms with Crippen LogP contribution < -0.4 is 5.32 Å². The van der Waals surface area contributed by atoms with Crippen molar-refractivity contribution in [2.45, 2.75) is 25.3 Å². The van der Waals surface area contributed by atoms with Gasteiger partial charge in [-0.25, -0.2) is 0 Å². The Hall–Kier alpha value is -2.95. The maximum atomic E-state index is 12.6. The molecule has 0 aliphatic heterocycles. The first-order valence-corrected chi connectivity index (χ1v) is 8.38. The lowest BCUT2D eigenvalue weighted by Gasteiger charge is -2.19. The Morgan fingerprint density at radius 2 is 1.60 bits per heavy atom. The van der Waals surface area contributed by atoms with Gasteiger partial charge in [-0.3, -0.25) is 4.79 Å². The average Bonchev–Trinajstić information content (AvgIpc) is 3.07. The Balaban J connectivity index is 1.76. The van der Waals surface area contributed by atoms with E-state index in [0.717, 1.165) is 17.0 Å². The topological polar surface area (TPSA) is 59.8 Å². The monoisotopic (exact) mass is 334 g/mol. The molecule has 0 aliphatic rings. The van der Waals surface area contributed by atoms with Crippen LogP contribution in [0.15, 0.2) is 67.0 Å². The number of aryl methyl sites for hydroxylation is 1. The maximum absolute atomic E-state index is 12.6. The van der Waals surface area contributed by atoms with Crippen molar-refractivity contribution in [2.75, 3.05) is 0 Å². The van der Waals surface area contributed by atoms with Gasteiger partial charge >= 0.3 is 0 Å². The molecular weight excluding hydrogens is 312 g/mol. The summed E-state index contributed by atoms with van der Waals surface area (Å²) in [5, 5.41) is 11.0. The molecule has 1 atom stereocenters. The first-order chi connectivity index (χ1) is 12.1. The summed E-state index contributed by atoms with van der Waals surface area (Å²) in [4.78, 5) is 12.6. The van der Waals surface area contributed by atoms with Gasteiger partial charge in [-0.15, -0.1) is 10.2 Å². The summed E-state index contributed by atoms with van der Waals surface area (Å²) >= 11 is 0. The molecule has 1 heterocycles. The van der Waals surface area contributed by atoms with E-state index in [4.69, 9.17) is 0 Å². The zero-order valence-electron chi connectivity index (χ0n) is 14.5. The minimum Gasteiger partial charge on any atom is -0.346 e. The van der Waals surface area contributed by atoms with Crippen molar-refractivity contribution in [3.05, 3.63) is 83.9 Å². The number of aromatic nitrogens is 3. The quantitative estimate of drug-likeness (QED) is 0.753. The van der Waals surface area contributed by atoms with Gasteiger partial charge in [0, 0.05) is 19.4 Å². The second kappa shape index (κ2) is 7.75. The Morgan fingerprint density at radius 3 is 2.08 bits per heavy atom. The Labute approximate surface area is 147 Å². The molecule has 2 aromatic carbocycles. The molecule has 1 aromatic heterocycles. The van der Waals surface area contributed by atoms with Crippen LogP contribution in [-0.4, -0.2) is 20.7 Å². The van der Waals surface area contributed by atoms with Crippen LogP contribution in [0.25, 0.3) is 0 Å². The van der Waals surface area contributed by atoms with Gasteiger partial charge in [0.1, 0.15) is 6.33 Å². The third kappa shape index (κ3) is 4.12. The molecule has 25 heavy (non-hydrogen) atoms. The van der Waals surface area contributed by atoms with Crippen LogP contribution in [0, 0.1) is 0 Å². The summed E-state index contributed by atoms with van der Waals surface area (Å²) < 4.78 is 1.82. The maximum Gasteiger partial charge on any atom is 0.221 e. The highest BCUT2D eigenvalue weighted by Crippen LogP contribution is 2.28. The highest BCUT2D eigenvalue weighted by Gasteiger charge is 2.20. The van der Waals surface area contributed by atoms with Crippen molar-refractivity contribution in [2.24, 2.45) is 7.05 Å². The number of rotatable bonds is 6. The largest absolute Gasteiger partial charge is 0.346 e. The molecule has 128 valence electrons. The van der Waals surface area contributed by atoms with Crippen LogP contribution >= 0.6 is 0 Å². The van der Waals surface area contributed by atoms with Crippen molar-refractivity contribution in [3.63, 3.8) is 0 Å². The minimum atomic E-state index is -0.188. The Bertz CT molecular complexity index is 774. The van der Waals surface area contributed by atoms with E-state index in [1.807, 2.05) is 54.9 Å². The molecule has 0 bridgehead atoms. The Kier molecular flexibility index (Phi) is 5.23. The number of benzene rings is 2. The van der Waals surface area contributed by atoms with E-state index in [0.29, 0.717) is 6.42 Å². The van der Waals surface area contributed by atoms with Gasteiger partial charge in [0.15, 0.2) is 5.82 Å². The summed E-state index contributed by atoms with van der Waals surface area (Å²) in [5.74, 6) is 0.756. The molecule has 0 radical (unpaired) electrons. The number of hydrogen-bond donors (Lipinski definition) is 1. The van der Waals surface area contributed by atoms with E-state index in [9.17, 15) is 4.79 Å². The summed E-state index contributed by atoms with van der Waals surface area (Å²) in [7, 11) is 1.87. The first kappa shape index (κ1) is 16.9. The van der Waals surface area contributed by atoms with Crippen molar-refractivity contribution in [3.8, 4) is 0 Å². The van der Waals surface area contributed by atoms with Gasteiger partial charge in [-0.2, -0.15) is 0 Å². The molecule has 0 aliphatic carbocycles. The number of carbonyl (C=O) groups excluding carboxylic acids is 1. The third-order valence-corrected chi connectivity index (χ3v) is 4.30. The van der Waals surface area contributed by atoms with Gasteiger partial charge in [0.25, 0.3) is 0 Å². The zero-order valence-corrected chi connectivity index (χ0v) is 14.5. The van der Waals surface area contributed by atoms with Crippen molar-refractivity contribution < 1.29 is 4.79 Å². The van der Waals surface area contributed by atoms with Crippen LogP contribution in [0.4, 0.5) is 0 Å². The average molecular weight is 334 g/mol. The van der Waals surface area contributed by atoms with E-state index in [1.54, 1.807) is 6.33 Å². The molecule has 0 spiro atoms. The highest BCUT2D eigenvalue weighted by atomic mass is 16.1. The van der Waals surface area contributed by atoms with Crippen LogP contribution in [-0.2, 0) is 11.8 Å². The van der Waals surface area contributed by atoms with Crippen LogP contribution in [0.2, 0.25) is 0 Å². The molecule has 3 rings (SSSR count). The minimum absolute atomic E-state index is 0.00629. The first-order valence-electron chi connectivity index (χ1n) is 8.38. The molecule has 0 fully saturated rings. The molecule has 1 N–H and O–H groups in total. The lowest BCUT2D eigenvalue weighted by molar-refractivity contribution is -0.122. The number of nitrogens with one attached hydrogen (secondary N) is 1. The standard InChI is InChI=1S/C20H22N4O/c1-15(20-23-21-14-24(20)2)22-19(25)13-18(16-9-5-3-6-10-16)17-11-7-4-8-12-17/h3-12,14-15,18H,13H2,1-2H3,(H,22,25)/t15-/m0/s1. The van der Waals surface area contributed by atoms with E-state index in [-0.39, 0.29) is 17.9 Å². The molecule has 0 saturated heterocycles. The van der Waals surface area contributed by atoms with Crippen LogP contribution in [0.5, 0.6) is 0 Å². The molecule has 0 unspecified atom stereocenters. The van der Waals surface area contributed by atoms with Gasteiger partial charge < -0.3 is 9.88 Å². The SMILES string of the molecule is C[C@H](NC(=O)CC(c1ccccc1)c1ccccc1)c1nncn1C. The van der Waals surface area contributed by atoms with Gasteiger partial charge in [0.05, 0.1) is 6.04 Å². The molecule has 0 saturated carbocycles. The van der Waals surface area contributed by atoms with Crippen molar-refractivity contribution in [1.29, 1.82) is 0 Å². The van der Waals surface area contributed by atoms with Gasteiger partial charge in [0.2, 0.25) is 5.91 Å². The number of amides is 1. The molecule has 5 heteroatoms. The van der Waals surface area contributed by atoms with Crippen molar-refractivity contribution >= 4 is 5.91 Å². The summed E-state index contributed by atoms with van der Waals surface area (Å²) in [6.45, 7) is 1.92. The van der Waals surface area contributed by atoms with Crippen molar-refractivity contribution in [1.82, 2.24) is 20.1 Å². The molecular formula is C20H22N4O. The predicted octanol–water partition coefficient (Wildman–Crippen LogP) is 3.21. The second-order valence-electron chi connectivity index (χ2n) is 6.17. The fourth-order valence-corrected chi connectivity index (χ4v) is 3.03. The summed E-state index contributed by atoms with van der Waals surface area (Å²) in [6.07, 6.45) is 2.02. The highest BCUT2D eigenvalue weighted by molar-refractivity contribution is 5.78. The zero-order chi connectivity index (χ0) is 17.6. The lowest BCUT2D eigenvalue weighted by Crippen LogP contribution is -2.29. The van der Waals surface area contributed by atoms with Gasteiger partial charge in [-0.05, 0) is 18.1 Å². The third-order valence-electron chi connectivity index (χ3n) is 4.30. The molecule has 1 amide bonds. The van der Waals surface area contributed by atoms with E-state index in [1.165, 1.54) is 0 Å². The van der Waals surface area contributed by atoms with E-state index >= 15 is 0 Å². The van der Waals surface area contributed by atoms with E-state index in [2.05, 4.69) is 39.8 Å². The predicted molar refractivity (Wildman–Crippen MR) is 96.9 cm³/mol. The Morgan fingerprint density at radius 1 is 1.04 bits per heavy atom. The second-order valence-corrected chi connectivity index (χ2v) is 6.17. The fraction of sp³-hybridized carbons (Fsp3) is 0.250.